The van der Waals surface area contributed by atoms with E-state index in [1.165, 1.54) is 4.90 Å². The summed E-state index contributed by atoms with van der Waals surface area (Å²) in [5.74, 6) is 0.679. The Morgan fingerprint density at radius 3 is 2.70 bits per heavy atom. The number of carbonyl (C=O) groups excluding carboxylic acids is 1. The lowest BCUT2D eigenvalue weighted by molar-refractivity contribution is -0.486. The molecule has 0 radical (unpaired) electrons. The maximum atomic E-state index is 12.5. The number of nitrogens with zero attached hydrogens (tertiary/aromatic N) is 4. The van der Waals surface area contributed by atoms with E-state index in [2.05, 4.69) is 5.10 Å². The van der Waals surface area contributed by atoms with E-state index in [1.54, 1.807) is 17.0 Å². The van der Waals surface area contributed by atoms with Crippen LogP contribution in [0.3, 0.4) is 0 Å². The standard InChI is InChI=1S/C18H24N4O5/c1-3-14-4-6-16(7-5-14)27-18(23)21-9-8-20(17(21)19-22(24)25)11-15-10-13(2)26-12-15/h4-7,13,15H,3,8-12H2,1-2H3. The van der Waals surface area contributed by atoms with Crippen LogP contribution in [0.2, 0.25) is 0 Å². The van der Waals surface area contributed by atoms with Crippen molar-refractivity contribution in [2.75, 3.05) is 26.2 Å². The number of nitro groups is 1. The summed E-state index contributed by atoms with van der Waals surface area (Å²) in [4.78, 5) is 26.5. The molecule has 0 aromatic heterocycles. The number of hydrogen-bond acceptors (Lipinski definition) is 5. The third-order valence-electron chi connectivity index (χ3n) is 4.81. The van der Waals surface area contributed by atoms with Gasteiger partial charge in [0.2, 0.25) is 0 Å². The first kappa shape index (κ1) is 19.1. The summed E-state index contributed by atoms with van der Waals surface area (Å²) in [6.45, 7) is 5.98. The highest BCUT2D eigenvalue weighted by Gasteiger charge is 2.37. The van der Waals surface area contributed by atoms with Crippen molar-refractivity contribution in [3.8, 4) is 5.75 Å². The average Bonchev–Trinajstić information content (AvgIpc) is 3.22. The molecule has 2 aliphatic rings. The Morgan fingerprint density at radius 1 is 1.37 bits per heavy atom. The van der Waals surface area contributed by atoms with Crippen LogP contribution in [0.25, 0.3) is 0 Å². The summed E-state index contributed by atoms with van der Waals surface area (Å²) in [6.07, 6.45) is 1.29. The maximum absolute atomic E-state index is 12.5. The predicted molar refractivity (Wildman–Crippen MR) is 98.1 cm³/mol. The molecule has 2 heterocycles. The molecule has 2 aliphatic heterocycles. The van der Waals surface area contributed by atoms with E-state index in [1.807, 2.05) is 26.0 Å². The van der Waals surface area contributed by atoms with Gasteiger partial charge in [0.25, 0.3) is 5.96 Å². The molecule has 0 spiro atoms. The molecule has 1 amide bonds. The molecule has 146 valence electrons. The highest BCUT2D eigenvalue weighted by Crippen LogP contribution is 2.23. The van der Waals surface area contributed by atoms with Crippen molar-refractivity contribution >= 4 is 12.1 Å². The predicted octanol–water partition coefficient (Wildman–Crippen LogP) is 2.34. The van der Waals surface area contributed by atoms with Gasteiger partial charge in [-0.1, -0.05) is 19.1 Å². The third-order valence-corrected chi connectivity index (χ3v) is 4.81. The fourth-order valence-electron chi connectivity index (χ4n) is 3.42. The van der Waals surface area contributed by atoms with Gasteiger partial charge in [0.05, 0.1) is 19.3 Å². The van der Waals surface area contributed by atoms with E-state index >= 15 is 0 Å². The number of benzene rings is 1. The summed E-state index contributed by atoms with van der Waals surface area (Å²) < 4.78 is 10.9. The molecule has 1 aromatic carbocycles. The lowest BCUT2D eigenvalue weighted by atomic mass is 10.1. The minimum Gasteiger partial charge on any atom is -0.410 e. The zero-order valence-electron chi connectivity index (χ0n) is 15.5. The molecule has 2 unspecified atom stereocenters. The van der Waals surface area contributed by atoms with Crippen molar-refractivity contribution in [1.29, 1.82) is 0 Å². The molecule has 0 bridgehead atoms. The van der Waals surface area contributed by atoms with Crippen molar-refractivity contribution in [2.24, 2.45) is 11.0 Å². The van der Waals surface area contributed by atoms with Crippen molar-refractivity contribution in [1.82, 2.24) is 9.80 Å². The van der Waals surface area contributed by atoms with Gasteiger partial charge < -0.3 is 14.4 Å². The van der Waals surface area contributed by atoms with E-state index in [4.69, 9.17) is 9.47 Å². The monoisotopic (exact) mass is 376 g/mol. The molecule has 0 saturated carbocycles. The summed E-state index contributed by atoms with van der Waals surface area (Å²) in [6, 6.07) is 7.19. The van der Waals surface area contributed by atoms with Crippen LogP contribution < -0.4 is 4.74 Å². The van der Waals surface area contributed by atoms with Crippen molar-refractivity contribution in [3.63, 3.8) is 0 Å². The summed E-state index contributed by atoms with van der Waals surface area (Å²) in [5.41, 5.74) is 1.13. The summed E-state index contributed by atoms with van der Waals surface area (Å²) in [7, 11) is 0. The molecule has 2 saturated heterocycles. The van der Waals surface area contributed by atoms with Crippen LogP contribution >= 0.6 is 0 Å². The topological polar surface area (TPSA) is 97.5 Å². The maximum Gasteiger partial charge on any atom is 0.422 e. The second-order valence-corrected chi connectivity index (χ2v) is 6.85. The van der Waals surface area contributed by atoms with Crippen LogP contribution in [0.15, 0.2) is 29.4 Å². The van der Waals surface area contributed by atoms with Gasteiger partial charge in [-0.05, 0) is 37.5 Å². The van der Waals surface area contributed by atoms with Crippen molar-refractivity contribution in [3.05, 3.63) is 39.9 Å². The largest absolute Gasteiger partial charge is 0.422 e. The number of carbonyl (C=O) groups is 1. The van der Waals surface area contributed by atoms with E-state index in [0.717, 1.165) is 18.4 Å². The number of aryl methyl sites for hydroxylation is 1. The smallest absolute Gasteiger partial charge is 0.410 e. The number of ether oxygens (including phenoxy) is 2. The van der Waals surface area contributed by atoms with Gasteiger partial charge in [0, 0.05) is 19.0 Å². The van der Waals surface area contributed by atoms with Crippen LogP contribution in [0.1, 0.15) is 25.8 Å². The Morgan fingerprint density at radius 2 is 2.11 bits per heavy atom. The van der Waals surface area contributed by atoms with Crippen molar-refractivity contribution < 1.29 is 19.3 Å². The zero-order valence-corrected chi connectivity index (χ0v) is 15.5. The molecule has 9 nitrogen and oxygen atoms in total. The Bertz CT molecular complexity index is 721. The van der Waals surface area contributed by atoms with Gasteiger partial charge in [0.1, 0.15) is 10.9 Å². The van der Waals surface area contributed by atoms with Gasteiger partial charge >= 0.3 is 6.09 Å². The first-order chi connectivity index (χ1) is 13.0. The molecule has 0 N–H and O–H groups in total. The van der Waals surface area contributed by atoms with E-state index < -0.39 is 11.1 Å². The fraction of sp³-hybridized carbons (Fsp3) is 0.556. The lowest BCUT2D eigenvalue weighted by Gasteiger charge is -2.21. The second kappa shape index (κ2) is 8.34. The molecule has 2 atom stereocenters. The lowest BCUT2D eigenvalue weighted by Crippen LogP contribution is -2.41. The van der Waals surface area contributed by atoms with E-state index in [0.29, 0.717) is 32.0 Å². The minimum atomic E-state index is -0.780. The zero-order chi connectivity index (χ0) is 19.4. The molecule has 0 aliphatic carbocycles. The van der Waals surface area contributed by atoms with Crippen LogP contribution in [-0.2, 0) is 11.2 Å². The first-order valence-corrected chi connectivity index (χ1v) is 9.14. The SMILES string of the molecule is CCc1ccc(OC(=O)N2CCN(CC3COC(C)C3)C2=N[N+](=O)[O-])cc1. The molecule has 1 aromatic rings. The third kappa shape index (κ3) is 4.73. The normalized spacial score (nSPS) is 23.9. The van der Waals surface area contributed by atoms with Crippen LogP contribution in [0.5, 0.6) is 5.75 Å². The van der Waals surface area contributed by atoms with Gasteiger partial charge in [0.15, 0.2) is 5.03 Å². The summed E-state index contributed by atoms with van der Waals surface area (Å²) in [5, 5.41) is 13.6. The number of guanidine groups is 1. The Balaban J connectivity index is 1.69. The Labute approximate surface area is 157 Å². The minimum absolute atomic E-state index is 0.0229. The molecule has 27 heavy (non-hydrogen) atoms. The highest BCUT2D eigenvalue weighted by molar-refractivity contribution is 5.96. The van der Waals surface area contributed by atoms with Crippen LogP contribution in [-0.4, -0.2) is 59.2 Å². The Hall–Kier alpha value is -2.68. The van der Waals surface area contributed by atoms with Gasteiger partial charge in [-0.25, -0.2) is 19.8 Å². The number of hydrazone groups is 1. The van der Waals surface area contributed by atoms with Gasteiger partial charge in [-0.3, -0.25) is 0 Å². The van der Waals surface area contributed by atoms with E-state index in [-0.39, 0.29) is 18.0 Å². The number of amides is 1. The fourth-order valence-corrected chi connectivity index (χ4v) is 3.42. The molecule has 3 rings (SSSR count). The van der Waals surface area contributed by atoms with E-state index in [9.17, 15) is 14.9 Å². The second-order valence-electron chi connectivity index (χ2n) is 6.85. The Kier molecular flexibility index (Phi) is 5.90. The highest BCUT2D eigenvalue weighted by atomic mass is 16.7. The van der Waals surface area contributed by atoms with Gasteiger partial charge in [-0.15, -0.1) is 0 Å². The van der Waals surface area contributed by atoms with Crippen molar-refractivity contribution in [2.45, 2.75) is 32.8 Å². The first-order valence-electron chi connectivity index (χ1n) is 9.14. The molecule has 2 fully saturated rings. The van der Waals surface area contributed by atoms with Crippen LogP contribution in [0.4, 0.5) is 4.79 Å². The average molecular weight is 376 g/mol. The summed E-state index contributed by atoms with van der Waals surface area (Å²) >= 11 is 0. The molecular formula is C18H24N4O5. The molecular weight excluding hydrogens is 352 g/mol. The van der Waals surface area contributed by atoms with Crippen LogP contribution in [0, 0.1) is 16.0 Å². The number of rotatable bonds is 5. The molecule has 9 heteroatoms. The van der Waals surface area contributed by atoms with Gasteiger partial charge in [-0.2, -0.15) is 0 Å². The number of hydrogen-bond donors (Lipinski definition) is 0. The quantitative estimate of drug-likeness (QED) is 0.578.